The average molecular weight is 487 g/mol. The van der Waals surface area contributed by atoms with Crippen LogP contribution in [0.15, 0.2) is 48.5 Å². The van der Waals surface area contributed by atoms with Crippen molar-refractivity contribution in [1.82, 2.24) is 10.0 Å². The first-order valence-corrected chi connectivity index (χ1v) is 11.7. The van der Waals surface area contributed by atoms with E-state index in [2.05, 4.69) is 6.92 Å². The fraction of sp³-hybridized carbons (Fsp3) is 0.360. The second kappa shape index (κ2) is 9.27. The van der Waals surface area contributed by atoms with Gasteiger partial charge in [0.2, 0.25) is 0 Å². The number of nitrogens with zero attached hydrogens (tertiary/aromatic N) is 2. The van der Waals surface area contributed by atoms with Crippen LogP contribution in [0, 0.1) is 17.8 Å². The highest BCUT2D eigenvalue weighted by molar-refractivity contribution is 6.36. The van der Waals surface area contributed by atoms with Crippen molar-refractivity contribution in [2.24, 2.45) is 17.8 Å². The Morgan fingerprint density at radius 3 is 2.33 bits per heavy atom. The van der Waals surface area contributed by atoms with Crippen molar-refractivity contribution in [3.8, 4) is 0 Å². The molecule has 172 valence electrons. The third kappa shape index (κ3) is 4.30. The Morgan fingerprint density at radius 1 is 1.00 bits per heavy atom. The van der Waals surface area contributed by atoms with Crippen LogP contribution in [0.2, 0.25) is 10.0 Å². The Labute approximate surface area is 202 Å². The fourth-order valence-corrected chi connectivity index (χ4v) is 5.25. The number of carbonyl (C=O) groups excluding carboxylic acids is 4. The Balaban J connectivity index is 1.77. The first-order chi connectivity index (χ1) is 15.7. The van der Waals surface area contributed by atoms with E-state index in [-0.39, 0.29) is 10.6 Å². The predicted molar refractivity (Wildman–Crippen MR) is 125 cm³/mol. The Morgan fingerprint density at radius 2 is 1.67 bits per heavy atom. The molecule has 1 aliphatic heterocycles. The van der Waals surface area contributed by atoms with Crippen LogP contribution in [0.4, 0.5) is 0 Å². The third-order valence-corrected chi connectivity index (χ3v) is 7.10. The normalized spacial score (nSPS) is 23.3. The van der Waals surface area contributed by atoms with E-state index in [4.69, 9.17) is 23.2 Å². The standard InChI is InChI=1S/C25H24Cl2N2O4/c1-14-8-10-18-20(12-14)25(33)29(23(18)31)28(15(2)22(30)16-6-4-3-5-7-16)24(32)19-11-9-17(26)13-21(19)27/h3-7,9,11,13-15,18,20H,8,10,12H2,1-2H3/t14-,15+,18+,20-/m1/s1. The minimum atomic E-state index is -1.11. The smallest absolute Gasteiger partial charge is 0.275 e. The van der Waals surface area contributed by atoms with Crippen molar-refractivity contribution in [1.29, 1.82) is 0 Å². The summed E-state index contributed by atoms with van der Waals surface area (Å²) in [4.78, 5) is 53.8. The number of Topliss-reactive ketones (excluding diaryl/α,β-unsaturated/α-hetero) is 1. The number of fused-ring (bicyclic) bond motifs is 1. The van der Waals surface area contributed by atoms with Gasteiger partial charge in [0.15, 0.2) is 5.78 Å². The number of halogens is 2. The van der Waals surface area contributed by atoms with Crippen molar-refractivity contribution in [2.45, 2.75) is 39.2 Å². The number of hydrogen-bond donors (Lipinski definition) is 0. The minimum absolute atomic E-state index is 0.0534. The predicted octanol–water partition coefficient (Wildman–Crippen LogP) is 5.04. The van der Waals surface area contributed by atoms with Crippen molar-refractivity contribution in [2.75, 3.05) is 0 Å². The Hall–Kier alpha value is -2.70. The molecule has 2 aliphatic rings. The fourth-order valence-electron chi connectivity index (χ4n) is 4.77. The zero-order chi connectivity index (χ0) is 23.9. The van der Waals surface area contributed by atoms with E-state index in [0.29, 0.717) is 29.3 Å². The number of hydrogen-bond acceptors (Lipinski definition) is 4. The highest BCUT2D eigenvalue weighted by Gasteiger charge is 2.54. The van der Waals surface area contributed by atoms with Crippen molar-refractivity contribution >= 4 is 46.7 Å². The second-order valence-corrected chi connectivity index (χ2v) is 9.64. The number of carbonyl (C=O) groups is 4. The summed E-state index contributed by atoms with van der Waals surface area (Å²) < 4.78 is 0. The van der Waals surface area contributed by atoms with Crippen LogP contribution in [0.5, 0.6) is 0 Å². The van der Waals surface area contributed by atoms with Crippen LogP contribution < -0.4 is 0 Å². The van der Waals surface area contributed by atoms with Crippen LogP contribution in [0.25, 0.3) is 0 Å². The molecule has 6 nitrogen and oxygen atoms in total. The Bertz CT molecular complexity index is 1120. The molecule has 2 aromatic rings. The van der Waals surface area contributed by atoms with E-state index in [1.165, 1.54) is 25.1 Å². The maximum Gasteiger partial charge on any atom is 0.275 e. The van der Waals surface area contributed by atoms with Gasteiger partial charge in [0.1, 0.15) is 6.04 Å². The number of amides is 3. The van der Waals surface area contributed by atoms with Gasteiger partial charge >= 0.3 is 0 Å². The van der Waals surface area contributed by atoms with Crippen LogP contribution >= 0.6 is 23.2 Å². The summed E-state index contributed by atoms with van der Waals surface area (Å²) in [5.41, 5.74) is 0.424. The van der Waals surface area contributed by atoms with Gasteiger partial charge in [0.05, 0.1) is 22.4 Å². The molecule has 1 aliphatic carbocycles. The maximum atomic E-state index is 13.7. The quantitative estimate of drug-likeness (QED) is 0.438. The topological polar surface area (TPSA) is 74.8 Å². The highest BCUT2D eigenvalue weighted by Crippen LogP contribution is 2.42. The number of benzene rings is 2. The van der Waals surface area contributed by atoms with Crippen LogP contribution in [0.3, 0.4) is 0 Å². The molecule has 0 aromatic heterocycles. The lowest BCUT2D eigenvalue weighted by Gasteiger charge is -2.35. The average Bonchev–Trinajstić information content (AvgIpc) is 3.03. The van der Waals surface area contributed by atoms with Gasteiger partial charge in [-0.3, -0.25) is 19.2 Å². The van der Waals surface area contributed by atoms with Gasteiger partial charge in [-0.25, -0.2) is 5.01 Å². The second-order valence-electron chi connectivity index (χ2n) is 8.80. The van der Waals surface area contributed by atoms with Gasteiger partial charge in [0, 0.05) is 10.6 Å². The summed E-state index contributed by atoms with van der Waals surface area (Å²) in [6.07, 6.45) is 2.00. The molecular weight excluding hydrogens is 463 g/mol. The van der Waals surface area contributed by atoms with Gasteiger partial charge in [-0.15, -0.1) is 0 Å². The van der Waals surface area contributed by atoms with Crippen LogP contribution in [0.1, 0.15) is 53.8 Å². The monoisotopic (exact) mass is 486 g/mol. The number of ketones is 1. The molecular formula is C25H24Cl2N2O4. The van der Waals surface area contributed by atoms with Crippen LogP contribution in [-0.2, 0) is 9.59 Å². The molecule has 2 aromatic carbocycles. The van der Waals surface area contributed by atoms with E-state index < -0.39 is 41.4 Å². The molecule has 0 radical (unpaired) electrons. The zero-order valence-corrected chi connectivity index (χ0v) is 19.8. The van der Waals surface area contributed by atoms with E-state index in [0.717, 1.165) is 16.4 Å². The lowest BCUT2D eigenvalue weighted by molar-refractivity contribution is -0.156. The molecule has 0 N–H and O–H groups in total. The summed E-state index contributed by atoms with van der Waals surface area (Å²) >= 11 is 12.3. The molecule has 1 saturated heterocycles. The number of hydrazine groups is 1. The third-order valence-electron chi connectivity index (χ3n) is 6.55. The van der Waals surface area contributed by atoms with Crippen LogP contribution in [-0.4, -0.2) is 39.6 Å². The summed E-state index contributed by atoms with van der Waals surface area (Å²) in [6.45, 7) is 3.57. The lowest BCUT2D eigenvalue weighted by atomic mass is 9.76. The summed E-state index contributed by atoms with van der Waals surface area (Å²) in [7, 11) is 0. The molecule has 4 atom stereocenters. The van der Waals surface area contributed by atoms with E-state index in [1.807, 2.05) is 0 Å². The van der Waals surface area contributed by atoms with E-state index in [9.17, 15) is 19.2 Å². The summed E-state index contributed by atoms with van der Waals surface area (Å²) in [5, 5.41) is 2.29. The maximum absolute atomic E-state index is 13.7. The molecule has 1 heterocycles. The van der Waals surface area contributed by atoms with Crippen molar-refractivity contribution < 1.29 is 19.2 Å². The first-order valence-electron chi connectivity index (χ1n) is 11.0. The van der Waals surface area contributed by atoms with Gasteiger partial charge < -0.3 is 0 Å². The number of imide groups is 1. The molecule has 0 unspecified atom stereocenters. The zero-order valence-electron chi connectivity index (χ0n) is 18.3. The highest BCUT2D eigenvalue weighted by atomic mass is 35.5. The minimum Gasteiger partial charge on any atom is -0.292 e. The molecule has 4 rings (SSSR count). The molecule has 8 heteroatoms. The van der Waals surface area contributed by atoms with Crippen molar-refractivity contribution in [3.05, 3.63) is 69.7 Å². The van der Waals surface area contributed by atoms with Gasteiger partial charge in [-0.1, -0.05) is 60.5 Å². The molecule has 2 fully saturated rings. The Kier molecular flexibility index (Phi) is 6.59. The van der Waals surface area contributed by atoms with Gasteiger partial charge in [-0.2, -0.15) is 5.01 Å². The SMILES string of the molecule is C[C@@H]1CC[C@@H]2C(=O)N(N(C(=O)c3ccc(Cl)cc3Cl)[C@@H](C)C(=O)c3ccccc3)C(=O)[C@@H]2C1. The van der Waals surface area contributed by atoms with Gasteiger partial charge in [-0.05, 0) is 50.3 Å². The first kappa shape index (κ1) is 23.5. The largest absolute Gasteiger partial charge is 0.292 e. The molecule has 1 saturated carbocycles. The molecule has 33 heavy (non-hydrogen) atoms. The molecule has 0 spiro atoms. The summed E-state index contributed by atoms with van der Waals surface area (Å²) in [5.74, 6) is -2.65. The molecule has 0 bridgehead atoms. The molecule has 3 amide bonds. The number of rotatable bonds is 5. The van der Waals surface area contributed by atoms with E-state index >= 15 is 0 Å². The lowest BCUT2D eigenvalue weighted by Crippen LogP contribution is -2.56. The van der Waals surface area contributed by atoms with Crippen molar-refractivity contribution in [3.63, 3.8) is 0 Å². The van der Waals surface area contributed by atoms with Gasteiger partial charge in [0.25, 0.3) is 17.7 Å². The summed E-state index contributed by atoms with van der Waals surface area (Å²) in [6, 6.07) is 11.7. The van der Waals surface area contributed by atoms with E-state index in [1.54, 1.807) is 30.3 Å².